The van der Waals surface area contributed by atoms with Gasteiger partial charge in [0.2, 0.25) is 0 Å². The molecule has 25 heavy (non-hydrogen) atoms. The van der Waals surface area contributed by atoms with Crippen molar-refractivity contribution >= 4 is 5.91 Å². The zero-order valence-corrected chi connectivity index (χ0v) is 14.6. The van der Waals surface area contributed by atoms with Gasteiger partial charge in [-0.25, -0.2) is 0 Å². The van der Waals surface area contributed by atoms with Crippen LogP contribution in [-0.2, 0) is 4.74 Å². The number of tetrazole rings is 1. The number of rotatable bonds is 6. The summed E-state index contributed by atoms with van der Waals surface area (Å²) >= 11 is 0. The Morgan fingerprint density at radius 1 is 1.28 bits per heavy atom. The van der Waals surface area contributed by atoms with Gasteiger partial charge in [-0.05, 0) is 28.5 Å². The maximum Gasteiger partial charge on any atom is 0.253 e. The highest BCUT2D eigenvalue weighted by Crippen LogP contribution is 2.15. The van der Waals surface area contributed by atoms with Gasteiger partial charge in [-0.3, -0.25) is 9.69 Å². The van der Waals surface area contributed by atoms with Gasteiger partial charge < -0.3 is 10.1 Å². The van der Waals surface area contributed by atoms with Crippen molar-refractivity contribution in [1.29, 1.82) is 0 Å². The molecule has 1 aromatic carbocycles. The summed E-state index contributed by atoms with van der Waals surface area (Å²) in [5.74, 6) is 0.318. The maximum absolute atomic E-state index is 12.7. The highest BCUT2D eigenvalue weighted by molar-refractivity contribution is 5.97. The molecule has 0 radical (unpaired) electrons. The summed E-state index contributed by atoms with van der Waals surface area (Å²) in [4.78, 5) is 15.1. The largest absolute Gasteiger partial charge is 0.379 e. The molecule has 8 nitrogen and oxygen atoms in total. The van der Waals surface area contributed by atoms with Gasteiger partial charge in [0.1, 0.15) is 6.33 Å². The number of nitrogens with zero attached hydrogens (tertiary/aromatic N) is 5. The van der Waals surface area contributed by atoms with Crippen LogP contribution in [0.5, 0.6) is 0 Å². The van der Waals surface area contributed by atoms with E-state index in [0.29, 0.717) is 23.7 Å². The SMILES string of the molecule is CC(C)C(CNC(=O)c1ccccc1-n1cnnn1)N1CCOCC1. The summed E-state index contributed by atoms with van der Waals surface area (Å²) in [6.45, 7) is 8.27. The fourth-order valence-corrected chi connectivity index (χ4v) is 3.13. The Labute approximate surface area is 147 Å². The molecule has 3 rings (SSSR count). The first-order valence-corrected chi connectivity index (χ1v) is 8.59. The van der Waals surface area contributed by atoms with Crippen molar-refractivity contribution in [3.05, 3.63) is 36.2 Å². The van der Waals surface area contributed by atoms with Crippen LogP contribution in [0.2, 0.25) is 0 Å². The first-order valence-electron chi connectivity index (χ1n) is 8.59. The van der Waals surface area contributed by atoms with Gasteiger partial charge in [-0.15, -0.1) is 5.10 Å². The van der Waals surface area contributed by atoms with Crippen LogP contribution < -0.4 is 5.32 Å². The van der Waals surface area contributed by atoms with E-state index in [2.05, 4.69) is 39.6 Å². The van der Waals surface area contributed by atoms with Gasteiger partial charge in [0.05, 0.1) is 24.5 Å². The summed E-state index contributed by atoms with van der Waals surface area (Å²) in [5.41, 5.74) is 1.22. The molecule has 2 aromatic rings. The minimum atomic E-state index is -0.120. The summed E-state index contributed by atoms with van der Waals surface area (Å²) in [5, 5.41) is 14.2. The number of carbonyl (C=O) groups excluding carboxylic acids is 1. The molecular weight excluding hydrogens is 320 g/mol. The van der Waals surface area contributed by atoms with E-state index in [1.165, 1.54) is 11.0 Å². The third-order valence-corrected chi connectivity index (χ3v) is 4.50. The lowest BCUT2D eigenvalue weighted by Crippen LogP contribution is -2.51. The molecule has 1 saturated heterocycles. The zero-order valence-electron chi connectivity index (χ0n) is 14.6. The zero-order chi connectivity index (χ0) is 17.6. The topological polar surface area (TPSA) is 85.2 Å². The summed E-state index contributed by atoms with van der Waals surface area (Å²) in [7, 11) is 0. The van der Waals surface area contributed by atoms with Crippen LogP contribution in [-0.4, -0.2) is 69.9 Å². The molecule has 1 N–H and O–H groups in total. The molecule has 2 heterocycles. The van der Waals surface area contributed by atoms with Crippen molar-refractivity contribution in [2.24, 2.45) is 5.92 Å². The second kappa shape index (κ2) is 8.17. The van der Waals surface area contributed by atoms with Gasteiger partial charge >= 0.3 is 0 Å². The Morgan fingerprint density at radius 2 is 2.04 bits per heavy atom. The van der Waals surface area contributed by atoms with Crippen LogP contribution in [0, 0.1) is 5.92 Å². The lowest BCUT2D eigenvalue weighted by Gasteiger charge is -2.37. The van der Waals surface area contributed by atoms with E-state index in [-0.39, 0.29) is 11.9 Å². The van der Waals surface area contributed by atoms with Crippen molar-refractivity contribution in [3.63, 3.8) is 0 Å². The molecule has 1 aromatic heterocycles. The van der Waals surface area contributed by atoms with Crippen molar-refractivity contribution < 1.29 is 9.53 Å². The molecule has 0 spiro atoms. The molecule has 1 amide bonds. The number of hydrogen-bond acceptors (Lipinski definition) is 6. The Kier molecular flexibility index (Phi) is 5.72. The number of benzene rings is 1. The van der Waals surface area contributed by atoms with Crippen molar-refractivity contribution in [2.75, 3.05) is 32.8 Å². The average Bonchev–Trinajstić information content (AvgIpc) is 3.17. The summed E-state index contributed by atoms with van der Waals surface area (Å²) in [6.07, 6.45) is 1.48. The average molecular weight is 344 g/mol. The molecule has 8 heteroatoms. The van der Waals surface area contributed by atoms with Crippen LogP contribution in [0.25, 0.3) is 5.69 Å². The quantitative estimate of drug-likeness (QED) is 0.832. The fourth-order valence-electron chi connectivity index (χ4n) is 3.13. The van der Waals surface area contributed by atoms with E-state index in [1.54, 1.807) is 6.07 Å². The normalized spacial score (nSPS) is 16.8. The van der Waals surface area contributed by atoms with E-state index in [4.69, 9.17) is 4.74 Å². The van der Waals surface area contributed by atoms with Crippen molar-refractivity contribution in [3.8, 4) is 5.69 Å². The molecule has 1 unspecified atom stereocenters. The minimum Gasteiger partial charge on any atom is -0.379 e. The van der Waals surface area contributed by atoms with E-state index in [1.807, 2.05) is 18.2 Å². The Hall–Kier alpha value is -2.32. The molecule has 0 aliphatic carbocycles. The molecule has 0 saturated carbocycles. The van der Waals surface area contributed by atoms with E-state index >= 15 is 0 Å². The van der Waals surface area contributed by atoms with Crippen LogP contribution in [0.4, 0.5) is 0 Å². The monoisotopic (exact) mass is 344 g/mol. The first kappa shape index (κ1) is 17.5. The summed E-state index contributed by atoms with van der Waals surface area (Å²) < 4.78 is 6.93. The Balaban J connectivity index is 1.69. The predicted molar refractivity (Wildman–Crippen MR) is 92.5 cm³/mol. The Bertz CT molecular complexity index is 682. The second-order valence-corrected chi connectivity index (χ2v) is 6.44. The smallest absolute Gasteiger partial charge is 0.253 e. The summed E-state index contributed by atoms with van der Waals surface area (Å²) in [6, 6.07) is 7.59. The van der Waals surface area contributed by atoms with Crippen molar-refractivity contribution in [2.45, 2.75) is 19.9 Å². The van der Waals surface area contributed by atoms with Crippen LogP contribution in [0.1, 0.15) is 24.2 Å². The van der Waals surface area contributed by atoms with Gasteiger partial charge in [-0.1, -0.05) is 26.0 Å². The third-order valence-electron chi connectivity index (χ3n) is 4.50. The minimum absolute atomic E-state index is 0.120. The fraction of sp³-hybridized carbons (Fsp3) is 0.529. The van der Waals surface area contributed by atoms with Crippen molar-refractivity contribution in [1.82, 2.24) is 30.4 Å². The molecule has 1 aliphatic rings. The number of nitrogens with one attached hydrogen (secondary N) is 1. The van der Waals surface area contributed by atoms with Gasteiger partial charge in [0, 0.05) is 25.7 Å². The van der Waals surface area contributed by atoms with Gasteiger partial charge in [0.15, 0.2) is 0 Å². The molecule has 1 atom stereocenters. The highest BCUT2D eigenvalue weighted by Gasteiger charge is 2.24. The lowest BCUT2D eigenvalue weighted by atomic mass is 10.0. The standard InChI is InChI=1S/C17H24N6O2/c1-13(2)16(22-7-9-25-10-8-22)11-18-17(24)14-5-3-4-6-15(14)23-12-19-20-21-23/h3-6,12-13,16H,7-11H2,1-2H3,(H,18,24). The maximum atomic E-state index is 12.7. The van der Waals surface area contributed by atoms with Crippen LogP contribution >= 0.6 is 0 Å². The molecule has 1 aliphatic heterocycles. The molecule has 1 fully saturated rings. The van der Waals surface area contributed by atoms with E-state index in [0.717, 1.165) is 26.3 Å². The van der Waals surface area contributed by atoms with E-state index < -0.39 is 0 Å². The number of amides is 1. The number of hydrogen-bond donors (Lipinski definition) is 1. The number of ether oxygens (including phenoxy) is 1. The number of carbonyl (C=O) groups is 1. The lowest BCUT2D eigenvalue weighted by molar-refractivity contribution is 0.00673. The second-order valence-electron chi connectivity index (χ2n) is 6.44. The van der Waals surface area contributed by atoms with Gasteiger partial charge in [0.25, 0.3) is 5.91 Å². The molecular formula is C17H24N6O2. The third kappa shape index (κ3) is 4.21. The Morgan fingerprint density at radius 3 is 2.72 bits per heavy atom. The highest BCUT2D eigenvalue weighted by atomic mass is 16.5. The van der Waals surface area contributed by atoms with E-state index in [9.17, 15) is 4.79 Å². The van der Waals surface area contributed by atoms with Gasteiger partial charge in [-0.2, -0.15) is 4.68 Å². The number of morpholine rings is 1. The molecule has 134 valence electrons. The predicted octanol–water partition coefficient (Wildman–Crippen LogP) is 0.749. The number of aromatic nitrogens is 4. The van der Waals surface area contributed by atoms with Crippen LogP contribution in [0.3, 0.4) is 0 Å². The molecule has 0 bridgehead atoms. The number of para-hydroxylation sites is 1. The first-order chi connectivity index (χ1) is 12.2. The van der Waals surface area contributed by atoms with Crippen LogP contribution in [0.15, 0.2) is 30.6 Å².